The van der Waals surface area contributed by atoms with Crippen molar-refractivity contribution in [3.05, 3.63) is 68.6 Å². The zero-order valence-corrected chi connectivity index (χ0v) is 17.3. The summed E-state index contributed by atoms with van der Waals surface area (Å²) in [6.45, 7) is -0.337. The first kappa shape index (κ1) is 19.8. The van der Waals surface area contributed by atoms with E-state index in [1.54, 1.807) is 53.2 Å². The Morgan fingerprint density at radius 2 is 1.78 bits per heavy atom. The lowest BCUT2D eigenvalue weighted by molar-refractivity contribution is 0.0475. The highest BCUT2D eigenvalue weighted by Crippen LogP contribution is 2.22. The smallest absolute Gasteiger partial charge is 0.338 e. The lowest BCUT2D eigenvalue weighted by atomic mass is 10.1. The molecule has 0 radical (unpaired) electrons. The fourth-order valence-electron chi connectivity index (χ4n) is 2.18. The summed E-state index contributed by atoms with van der Waals surface area (Å²) in [6.07, 6.45) is 1.93. The summed E-state index contributed by atoms with van der Waals surface area (Å²) in [4.78, 5) is 24.2. The molecule has 0 atom stereocenters. The molecule has 0 aliphatic carbocycles. The van der Waals surface area contributed by atoms with E-state index in [0.29, 0.717) is 20.1 Å². The molecule has 0 saturated heterocycles. The van der Waals surface area contributed by atoms with Gasteiger partial charge in [-0.3, -0.25) is 4.79 Å². The number of nitrogens with zero attached hydrogens (tertiary/aromatic N) is 2. The molecule has 0 N–H and O–H groups in total. The van der Waals surface area contributed by atoms with Crippen molar-refractivity contribution in [2.24, 2.45) is 0 Å². The summed E-state index contributed by atoms with van der Waals surface area (Å²) < 4.78 is 8.24. The number of benzene rings is 2. The largest absolute Gasteiger partial charge is 0.454 e. The normalized spacial score (nSPS) is 10.6. The minimum Gasteiger partial charge on any atom is -0.454 e. The molecular weight excluding hydrogens is 424 g/mol. The maximum atomic E-state index is 12.2. The van der Waals surface area contributed by atoms with Gasteiger partial charge in [-0.25, -0.2) is 9.48 Å². The summed E-state index contributed by atoms with van der Waals surface area (Å²) in [5.41, 5.74) is 1.53. The van der Waals surface area contributed by atoms with Gasteiger partial charge in [-0.05, 0) is 67.0 Å². The number of esters is 1. The van der Waals surface area contributed by atoms with Crippen LogP contribution < -0.4 is 0 Å². The van der Waals surface area contributed by atoms with Crippen LogP contribution in [0.25, 0.3) is 5.69 Å². The van der Waals surface area contributed by atoms with Crippen LogP contribution in [0.2, 0.25) is 5.02 Å². The molecule has 0 aliphatic rings. The lowest BCUT2D eigenvalue weighted by Gasteiger charge is -2.06. The van der Waals surface area contributed by atoms with Gasteiger partial charge < -0.3 is 4.74 Å². The Hall–Kier alpha value is -2.00. The molecule has 0 aliphatic heterocycles. The number of carbonyl (C=O) groups is 2. The second kappa shape index (κ2) is 8.79. The number of ether oxygens (including phenoxy) is 1. The minimum atomic E-state index is -0.574. The number of halogens is 1. The van der Waals surface area contributed by atoms with Gasteiger partial charge >= 0.3 is 5.97 Å². The van der Waals surface area contributed by atoms with Gasteiger partial charge in [0.25, 0.3) is 0 Å². The molecule has 3 aromatic rings. The summed E-state index contributed by atoms with van der Waals surface area (Å²) in [5, 5.41) is 4.93. The van der Waals surface area contributed by atoms with Gasteiger partial charge in [0, 0.05) is 10.6 Å². The molecule has 27 heavy (non-hydrogen) atoms. The predicted molar refractivity (Wildman–Crippen MR) is 110 cm³/mol. The number of Topliss-reactive ketones (excluding diaryl/α,β-unsaturated/α-hetero) is 1. The Balaban J connectivity index is 1.65. The quantitative estimate of drug-likeness (QED) is 0.232. The number of hydrogen-bond donors (Lipinski definition) is 0. The Kier molecular flexibility index (Phi) is 6.43. The van der Waals surface area contributed by atoms with Gasteiger partial charge in [0.05, 0.1) is 11.3 Å². The van der Waals surface area contributed by atoms with E-state index in [-0.39, 0.29) is 12.4 Å². The van der Waals surface area contributed by atoms with E-state index < -0.39 is 5.97 Å². The SMILES string of the molecule is CSc1nn(-c2ccc(C(=O)OCC(=O)c3ccc(Cl)cc3)cc2)c(=S)s1. The highest BCUT2D eigenvalue weighted by Gasteiger charge is 2.13. The van der Waals surface area contributed by atoms with Crippen LogP contribution in [0.5, 0.6) is 0 Å². The van der Waals surface area contributed by atoms with Crippen LogP contribution in [-0.4, -0.2) is 34.4 Å². The second-order valence-electron chi connectivity index (χ2n) is 5.30. The monoisotopic (exact) mass is 436 g/mol. The van der Waals surface area contributed by atoms with E-state index in [0.717, 1.165) is 10.0 Å². The Morgan fingerprint density at radius 1 is 1.15 bits per heavy atom. The first-order chi connectivity index (χ1) is 13.0. The standard InChI is InChI=1S/C18H13ClN2O3S3/c1-26-17-20-21(18(25)27-17)14-8-4-12(5-9-14)16(23)24-10-15(22)11-2-6-13(19)7-3-11/h2-9H,10H2,1H3. The number of aromatic nitrogens is 2. The maximum Gasteiger partial charge on any atom is 0.338 e. The van der Waals surface area contributed by atoms with Gasteiger partial charge in [0.2, 0.25) is 0 Å². The van der Waals surface area contributed by atoms with E-state index in [2.05, 4.69) is 5.10 Å². The molecule has 3 rings (SSSR count). The highest BCUT2D eigenvalue weighted by molar-refractivity contribution is 8.00. The molecule has 0 fully saturated rings. The molecule has 1 heterocycles. The summed E-state index contributed by atoms with van der Waals surface area (Å²) in [7, 11) is 0. The van der Waals surface area contributed by atoms with E-state index in [1.807, 2.05) is 6.26 Å². The fourth-order valence-corrected chi connectivity index (χ4v) is 4.08. The van der Waals surface area contributed by atoms with Crippen molar-refractivity contribution in [2.45, 2.75) is 4.34 Å². The second-order valence-corrected chi connectivity index (χ2v) is 8.42. The van der Waals surface area contributed by atoms with Gasteiger partial charge in [-0.1, -0.05) is 34.7 Å². The Bertz CT molecular complexity index is 1030. The van der Waals surface area contributed by atoms with Gasteiger partial charge in [0.15, 0.2) is 20.7 Å². The predicted octanol–water partition coefficient (Wildman–Crippen LogP) is 5.08. The number of carbonyl (C=O) groups excluding carboxylic acids is 2. The third-order valence-electron chi connectivity index (χ3n) is 3.55. The highest BCUT2D eigenvalue weighted by atomic mass is 35.5. The van der Waals surface area contributed by atoms with E-state index in [4.69, 9.17) is 28.6 Å². The zero-order valence-electron chi connectivity index (χ0n) is 14.0. The summed E-state index contributed by atoms with van der Waals surface area (Å²) in [6, 6.07) is 13.1. The molecule has 138 valence electrons. The maximum absolute atomic E-state index is 12.2. The van der Waals surface area contributed by atoms with Crippen LogP contribution in [-0.2, 0) is 4.74 Å². The van der Waals surface area contributed by atoms with Gasteiger partial charge in [-0.2, -0.15) is 0 Å². The molecule has 0 bridgehead atoms. The Labute approximate surface area is 173 Å². The van der Waals surface area contributed by atoms with E-state index >= 15 is 0 Å². The lowest BCUT2D eigenvalue weighted by Crippen LogP contribution is -2.14. The first-order valence-corrected chi connectivity index (χ1v) is 10.5. The summed E-state index contributed by atoms with van der Waals surface area (Å²) in [5.74, 6) is -0.870. The molecule has 0 amide bonds. The van der Waals surface area contributed by atoms with Crippen LogP contribution in [0.15, 0.2) is 52.9 Å². The van der Waals surface area contributed by atoms with Crippen LogP contribution in [0.1, 0.15) is 20.7 Å². The molecular formula is C18H13ClN2O3S3. The topological polar surface area (TPSA) is 61.2 Å². The molecule has 0 saturated carbocycles. The van der Waals surface area contributed by atoms with Crippen molar-refractivity contribution in [1.82, 2.24) is 9.78 Å². The van der Waals surface area contributed by atoms with Crippen molar-refractivity contribution >= 4 is 58.7 Å². The molecule has 1 aromatic heterocycles. The van der Waals surface area contributed by atoms with Crippen LogP contribution in [0, 0.1) is 3.95 Å². The average molecular weight is 437 g/mol. The van der Waals surface area contributed by atoms with Crippen LogP contribution >= 0.6 is 46.9 Å². The molecule has 0 spiro atoms. The van der Waals surface area contributed by atoms with Crippen molar-refractivity contribution < 1.29 is 14.3 Å². The number of rotatable bonds is 6. The zero-order chi connectivity index (χ0) is 19.4. The van der Waals surface area contributed by atoms with Crippen molar-refractivity contribution in [2.75, 3.05) is 12.9 Å². The third kappa shape index (κ3) is 4.84. The third-order valence-corrected chi connectivity index (χ3v) is 6.01. The molecule has 5 nitrogen and oxygen atoms in total. The number of thioether (sulfide) groups is 1. The molecule has 0 unspecified atom stereocenters. The fraction of sp³-hybridized carbons (Fsp3) is 0.111. The Morgan fingerprint density at radius 3 is 2.37 bits per heavy atom. The van der Waals surface area contributed by atoms with E-state index in [9.17, 15) is 9.59 Å². The van der Waals surface area contributed by atoms with Crippen molar-refractivity contribution in [3.8, 4) is 5.69 Å². The molecule has 2 aromatic carbocycles. The van der Waals surface area contributed by atoms with Gasteiger partial charge in [-0.15, -0.1) is 5.10 Å². The van der Waals surface area contributed by atoms with Gasteiger partial charge in [0.1, 0.15) is 0 Å². The van der Waals surface area contributed by atoms with E-state index in [1.165, 1.54) is 23.1 Å². The minimum absolute atomic E-state index is 0.296. The number of ketones is 1. The van der Waals surface area contributed by atoms with Crippen molar-refractivity contribution in [1.29, 1.82) is 0 Å². The first-order valence-electron chi connectivity index (χ1n) is 7.68. The summed E-state index contributed by atoms with van der Waals surface area (Å²) >= 11 is 14.0. The van der Waals surface area contributed by atoms with Crippen molar-refractivity contribution in [3.63, 3.8) is 0 Å². The van der Waals surface area contributed by atoms with Crippen LogP contribution in [0.3, 0.4) is 0 Å². The molecule has 9 heteroatoms. The average Bonchev–Trinajstić information content (AvgIpc) is 3.07. The van der Waals surface area contributed by atoms with Crippen LogP contribution in [0.4, 0.5) is 0 Å². The number of hydrogen-bond acceptors (Lipinski definition) is 7.